The van der Waals surface area contributed by atoms with Crippen LogP contribution in [0.15, 0.2) is 12.1 Å². The van der Waals surface area contributed by atoms with E-state index in [1.54, 1.807) is 6.07 Å². The maximum Gasteiger partial charge on any atom is 0.138 e. The molecule has 0 saturated heterocycles. The van der Waals surface area contributed by atoms with Crippen LogP contribution in [0.5, 0.6) is 5.75 Å². The molecule has 0 aromatic heterocycles. The maximum atomic E-state index is 9.40. The number of aromatic hydroxyl groups is 1. The predicted molar refractivity (Wildman–Crippen MR) is 52.5 cm³/mol. The molecule has 3 heteroatoms. The summed E-state index contributed by atoms with van der Waals surface area (Å²) in [7, 11) is 0. The average molecular weight is 178 g/mol. The summed E-state index contributed by atoms with van der Waals surface area (Å²) in [6, 6.07) is 3.83. The number of phenolic OH excluding ortho intramolecular Hbond substituents is 1. The first-order valence-electron chi connectivity index (χ1n) is 4.52. The minimum atomic E-state index is 0.174. The van der Waals surface area contributed by atoms with Crippen molar-refractivity contribution >= 4 is 5.69 Å². The van der Waals surface area contributed by atoms with Gasteiger partial charge in [0.1, 0.15) is 5.75 Å². The monoisotopic (exact) mass is 178 g/mol. The molecule has 0 aliphatic heterocycles. The molecular weight excluding hydrogens is 164 g/mol. The van der Waals surface area contributed by atoms with Gasteiger partial charge < -0.3 is 16.6 Å². The fourth-order valence-electron chi connectivity index (χ4n) is 1.84. The number of rotatable bonds is 0. The molecular formula is C10H14N2O. The fourth-order valence-corrected chi connectivity index (χ4v) is 1.84. The summed E-state index contributed by atoms with van der Waals surface area (Å²) >= 11 is 0. The highest BCUT2D eigenvalue weighted by Crippen LogP contribution is 2.29. The normalized spacial score (nSPS) is 21.2. The quantitative estimate of drug-likeness (QED) is 0.406. The number of nitrogens with two attached hydrogens (primary N) is 2. The zero-order chi connectivity index (χ0) is 9.42. The van der Waals surface area contributed by atoms with E-state index in [4.69, 9.17) is 11.5 Å². The molecule has 0 spiro atoms. The number of hydrogen-bond acceptors (Lipinski definition) is 3. The van der Waals surface area contributed by atoms with E-state index in [2.05, 4.69) is 0 Å². The van der Waals surface area contributed by atoms with Gasteiger partial charge in [-0.2, -0.15) is 0 Å². The largest absolute Gasteiger partial charge is 0.506 e. The van der Waals surface area contributed by atoms with E-state index < -0.39 is 0 Å². The third-order valence-corrected chi connectivity index (χ3v) is 2.62. The zero-order valence-electron chi connectivity index (χ0n) is 7.46. The first kappa shape index (κ1) is 8.38. The highest BCUT2D eigenvalue weighted by Gasteiger charge is 2.16. The summed E-state index contributed by atoms with van der Waals surface area (Å²) in [4.78, 5) is 0. The van der Waals surface area contributed by atoms with E-state index >= 15 is 0 Å². The molecule has 0 bridgehead atoms. The molecule has 0 heterocycles. The second kappa shape index (κ2) is 2.92. The molecule has 0 saturated carbocycles. The summed E-state index contributed by atoms with van der Waals surface area (Å²) in [5.74, 6) is 0.174. The minimum Gasteiger partial charge on any atom is -0.506 e. The molecule has 3 nitrogen and oxygen atoms in total. The van der Waals surface area contributed by atoms with Crippen LogP contribution in [-0.4, -0.2) is 11.1 Å². The highest BCUT2D eigenvalue weighted by atomic mass is 16.3. The van der Waals surface area contributed by atoms with Crippen molar-refractivity contribution in [3.63, 3.8) is 0 Å². The lowest BCUT2D eigenvalue weighted by Crippen LogP contribution is -2.27. The van der Waals surface area contributed by atoms with Crippen molar-refractivity contribution in [1.29, 1.82) is 0 Å². The molecule has 13 heavy (non-hydrogen) atoms. The molecule has 0 unspecified atom stereocenters. The van der Waals surface area contributed by atoms with Crippen LogP contribution in [0.3, 0.4) is 0 Å². The Morgan fingerprint density at radius 1 is 1.31 bits per heavy atom. The minimum absolute atomic E-state index is 0.174. The molecule has 1 aromatic carbocycles. The summed E-state index contributed by atoms with van der Waals surface area (Å²) in [6.07, 6.45) is 2.83. The second-order valence-corrected chi connectivity index (χ2v) is 3.68. The van der Waals surface area contributed by atoms with Crippen molar-refractivity contribution in [2.45, 2.75) is 25.3 Å². The van der Waals surface area contributed by atoms with Crippen molar-refractivity contribution in [2.24, 2.45) is 5.73 Å². The van der Waals surface area contributed by atoms with Crippen LogP contribution in [0, 0.1) is 0 Å². The van der Waals surface area contributed by atoms with E-state index in [1.165, 1.54) is 5.56 Å². The van der Waals surface area contributed by atoms with Crippen LogP contribution in [0.2, 0.25) is 0 Å². The van der Waals surface area contributed by atoms with Crippen LogP contribution < -0.4 is 11.5 Å². The van der Waals surface area contributed by atoms with Gasteiger partial charge in [0.25, 0.3) is 0 Å². The number of phenols is 1. The number of anilines is 1. The van der Waals surface area contributed by atoms with Gasteiger partial charge >= 0.3 is 0 Å². The molecule has 70 valence electrons. The molecule has 1 aliphatic rings. The first-order chi connectivity index (χ1) is 6.16. The number of benzene rings is 1. The Kier molecular flexibility index (Phi) is 1.88. The Morgan fingerprint density at radius 2 is 2.08 bits per heavy atom. The van der Waals surface area contributed by atoms with Gasteiger partial charge in [0.05, 0.1) is 5.69 Å². The Labute approximate surface area is 77.4 Å². The lowest BCUT2D eigenvalue weighted by molar-refractivity contribution is 0.474. The lowest BCUT2D eigenvalue weighted by atomic mass is 9.88. The lowest BCUT2D eigenvalue weighted by Gasteiger charge is -2.21. The van der Waals surface area contributed by atoms with Gasteiger partial charge in [-0.05, 0) is 42.5 Å². The molecule has 5 N–H and O–H groups in total. The highest BCUT2D eigenvalue weighted by molar-refractivity contribution is 5.56. The number of nitrogen functional groups attached to an aromatic ring is 1. The Morgan fingerprint density at radius 3 is 2.85 bits per heavy atom. The second-order valence-electron chi connectivity index (χ2n) is 3.68. The standard InChI is InChI=1S/C10H14N2O/c11-8-2-1-6-4-9(12)10(13)5-7(6)3-8/h4-5,8,13H,1-3,11-12H2/t8-/m1/s1. The fraction of sp³-hybridized carbons (Fsp3) is 0.400. The summed E-state index contributed by atoms with van der Waals surface area (Å²) in [5, 5.41) is 9.40. The zero-order valence-corrected chi connectivity index (χ0v) is 7.46. The van der Waals surface area contributed by atoms with Crippen molar-refractivity contribution in [1.82, 2.24) is 0 Å². The molecule has 1 aliphatic carbocycles. The van der Waals surface area contributed by atoms with Gasteiger partial charge in [0.2, 0.25) is 0 Å². The Hall–Kier alpha value is -1.22. The third kappa shape index (κ3) is 1.47. The maximum absolute atomic E-state index is 9.40. The number of fused-ring (bicyclic) bond motifs is 1. The Bertz CT molecular complexity index is 336. The van der Waals surface area contributed by atoms with Crippen molar-refractivity contribution in [3.05, 3.63) is 23.3 Å². The SMILES string of the molecule is Nc1cc2c(cc1O)C[C@H](N)CC2. The van der Waals surface area contributed by atoms with Gasteiger partial charge in [0.15, 0.2) is 0 Å². The van der Waals surface area contributed by atoms with E-state index in [9.17, 15) is 5.11 Å². The molecule has 0 radical (unpaired) electrons. The van der Waals surface area contributed by atoms with E-state index in [1.807, 2.05) is 6.07 Å². The summed E-state index contributed by atoms with van der Waals surface area (Å²) in [6.45, 7) is 0. The summed E-state index contributed by atoms with van der Waals surface area (Å²) < 4.78 is 0. The topological polar surface area (TPSA) is 72.3 Å². The van der Waals surface area contributed by atoms with Crippen LogP contribution in [0.4, 0.5) is 5.69 Å². The van der Waals surface area contributed by atoms with Crippen LogP contribution in [0.1, 0.15) is 17.5 Å². The van der Waals surface area contributed by atoms with Gasteiger partial charge in [-0.1, -0.05) is 0 Å². The molecule has 1 atom stereocenters. The smallest absolute Gasteiger partial charge is 0.138 e. The predicted octanol–water partition coefficient (Wildman–Crippen LogP) is 0.790. The van der Waals surface area contributed by atoms with Gasteiger partial charge in [0, 0.05) is 6.04 Å². The van der Waals surface area contributed by atoms with Crippen LogP contribution in [0.25, 0.3) is 0 Å². The van der Waals surface area contributed by atoms with Gasteiger partial charge in [-0.3, -0.25) is 0 Å². The molecule has 1 aromatic rings. The van der Waals surface area contributed by atoms with Crippen LogP contribution >= 0.6 is 0 Å². The molecule has 2 rings (SSSR count). The number of hydrogen-bond donors (Lipinski definition) is 3. The average Bonchev–Trinajstić information content (AvgIpc) is 2.08. The Balaban J connectivity index is 2.43. The first-order valence-corrected chi connectivity index (χ1v) is 4.52. The van der Waals surface area contributed by atoms with Crippen molar-refractivity contribution in [2.75, 3.05) is 5.73 Å². The van der Waals surface area contributed by atoms with E-state index in [-0.39, 0.29) is 11.8 Å². The third-order valence-electron chi connectivity index (χ3n) is 2.62. The number of aryl methyl sites for hydroxylation is 1. The van der Waals surface area contributed by atoms with Crippen molar-refractivity contribution in [3.8, 4) is 5.75 Å². The molecule has 0 fully saturated rings. The van der Waals surface area contributed by atoms with Crippen molar-refractivity contribution < 1.29 is 5.11 Å². The molecule has 0 amide bonds. The van der Waals surface area contributed by atoms with E-state index in [0.29, 0.717) is 5.69 Å². The van der Waals surface area contributed by atoms with Gasteiger partial charge in [-0.25, -0.2) is 0 Å². The van der Waals surface area contributed by atoms with E-state index in [0.717, 1.165) is 24.8 Å². The van der Waals surface area contributed by atoms with Crippen LogP contribution in [-0.2, 0) is 12.8 Å². The van der Waals surface area contributed by atoms with Gasteiger partial charge in [-0.15, -0.1) is 0 Å². The summed E-state index contributed by atoms with van der Waals surface area (Å²) in [5.41, 5.74) is 14.3.